The van der Waals surface area contributed by atoms with E-state index >= 15 is 0 Å². The van der Waals surface area contributed by atoms with Gasteiger partial charge >= 0.3 is 18.0 Å². The maximum atomic E-state index is 13.0. The molecule has 2 aromatic rings. The number of carbonyl (C=O) groups excluding carboxylic acids is 2. The zero-order valence-corrected chi connectivity index (χ0v) is 17.6. The van der Waals surface area contributed by atoms with Gasteiger partial charge in [0.25, 0.3) is 0 Å². The molecule has 1 saturated heterocycles. The van der Waals surface area contributed by atoms with Crippen LogP contribution in [0.4, 0.5) is 18.9 Å². The van der Waals surface area contributed by atoms with Crippen LogP contribution in [0.2, 0.25) is 0 Å². The Kier molecular flexibility index (Phi) is 7.14. The smallest absolute Gasteiger partial charge is 0.348 e. The lowest BCUT2D eigenvalue weighted by molar-refractivity contribution is -0.138. The zero-order chi connectivity index (χ0) is 23.4. The van der Waals surface area contributed by atoms with Crippen LogP contribution in [0.15, 0.2) is 53.7 Å². The van der Waals surface area contributed by atoms with Gasteiger partial charge in [0.15, 0.2) is 0 Å². The van der Waals surface area contributed by atoms with E-state index < -0.39 is 39.3 Å². The van der Waals surface area contributed by atoms with E-state index in [1.165, 1.54) is 41.0 Å². The van der Waals surface area contributed by atoms with E-state index in [-0.39, 0.29) is 30.4 Å². The van der Waals surface area contributed by atoms with E-state index in [9.17, 15) is 31.2 Å². The van der Waals surface area contributed by atoms with Crippen LogP contribution in [0, 0.1) is 5.92 Å². The van der Waals surface area contributed by atoms with Crippen molar-refractivity contribution in [1.82, 2.24) is 14.6 Å². The third-order valence-electron chi connectivity index (χ3n) is 5.08. The highest BCUT2D eigenvalue weighted by atomic mass is 32.2. The Morgan fingerprint density at radius 3 is 2.38 bits per heavy atom. The van der Waals surface area contributed by atoms with Crippen LogP contribution in [0.1, 0.15) is 18.4 Å². The number of piperidine rings is 1. The average molecular weight is 470 g/mol. The first kappa shape index (κ1) is 23.7. The molecular formula is C20H21F3N4O4S. The van der Waals surface area contributed by atoms with Crippen LogP contribution in [0.3, 0.4) is 0 Å². The highest BCUT2D eigenvalue weighted by Crippen LogP contribution is 2.34. The lowest BCUT2D eigenvalue weighted by Gasteiger charge is -2.31. The number of amides is 2. The van der Waals surface area contributed by atoms with Gasteiger partial charge < -0.3 is 10.6 Å². The molecule has 0 atom stereocenters. The maximum Gasteiger partial charge on any atom is 0.418 e. The number of pyridine rings is 1. The molecule has 0 bridgehead atoms. The summed E-state index contributed by atoms with van der Waals surface area (Å²) in [6.07, 6.45) is -1.01. The van der Waals surface area contributed by atoms with E-state index in [0.29, 0.717) is 12.8 Å². The van der Waals surface area contributed by atoms with Gasteiger partial charge in [-0.1, -0.05) is 12.1 Å². The maximum absolute atomic E-state index is 13.0. The molecule has 32 heavy (non-hydrogen) atoms. The number of rotatable bonds is 5. The van der Waals surface area contributed by atoms with Crippen molar-refractivity contribution < 1.29 is 31.2 Å². The van der Waals surface area contributed by atoms with Crippen molar-refractivity contribution in [3.05, 3.63) is 54.4 Å². The minimum absolute atomic E-state index is 0.0745. The van der Waals surface area contributed by atoms with Crippen molar-refractivity contribution in [2.24, 2.45) is 5.92 Å². The topological polar surface area (TPSA) is 108 Å². The van der Waals surface area contributed by atoms with Crippen molar-refractivity contribution in [2.45, 2.75) is 23.9 Å². The molecule has 2 heterocycles. The minimum Gasteiger partial charge on any atom is -0.348 e. The molecule has 0 aliphatic carbocycles. The molecule has 1 aliphatic heterocycles. The van der Waals surface area contributed by atoms with Gasteiger partial charge in [0.2, 0.25) is 10.0 Å². The molecule has 1 fully saturated rings. The normalized spacial score (nSPS) is 15.8. The summed E-state index contributed by atoms with van der Waals surface area (Å²) < 4.78 is 65.6. The molecule has 0 spiro atoms. The zero-order valence-electron chi connectivity index (χ0n) is 16.8. The molecule has 0 saturated carbocycles. The van der Waals surface area contributed by atoms with Gasteiger partial charge in [0.05, 0.1) is 11.3 Å². The average Bonchev–Trinajstić information content (AvgIpc) is 2.78. The van der Waals surface area contributed by atoms with E-state index in [1.807, 2.05) is 5.32 Å². The summed E-state index contributed by atoms with van der Waals surface area (Å²) in [5.74, 6) is -2.35. The van der Waals surface area contributed by atoms with Crippen molar-refractivity contribution >= 4 is 27.5 Å². The third-order valence-corrected chi connectivity index (χ3v) is 6.97. The molecule has 1 aromatic heterocycles. The summed E-state index contributed by atoms with van der Waals surface area (Å²) in [5.41, 5.74) is -1.56. The molecule has 12 heteroatoms. The lowest BCUT2D eigenvalue weighted by atomic mass is 9.98. The summed E-state index contributed by atoms with van der Waals surface area (Å²) in [6, 6.07) is 7.36. The quantitative estimate of drug-likeness (QED) is 0.652. The molecule has 172 valence electrons. The van der Waals surface area contributed by atoms with Crippen LogP contribution in [0.25, 0.3) is 0 Å². The highest BCUT2D eigenvalue weighted by molar-refractivity contribution is 7.89. The number of sulfonamides is 1. The van der Waals surface area contributed by atoms with E-state index in [4.69, 9.17) is 0 Å². The Balaban J connectivity index is 1.50. The van der Waals surface area contributed by atoms with E-state index in [0.717, 1.165) is 12.1 Å². The molecule has 0 radical (unpaired) electrons. The first-order valence-electron chi connectivity index (χ1n) is 9.74. The molecule has 2 amide bonds. The number of para-hydroxylation sites is 1. The fraction of sp³-hybridized carbons (Fsp3) is 0.350. The number of hydrogen-bond donors (Lipinski definition) is 2. The lowest BCUT2D eigenvalue weighted by Crippen LogP contribution is -2.43. The number of nitrogens with one attached hydrogen (secondary N) is 2. The van der Waals surface area contributed by atoms with Crippen molar-refractivity contribution in [3.8, 4) is 0 Å². The number of carbonyl (C=O) groups is 2. The van der Waals surface area contributed by atoms with Gasteiger partial charge in [0.1, 0.15) is 4.90 Å². The summed E-state index contributed by atoms with van der Waals surface area (Å²) in [5, 5.41) is 4.39. The fourth-order valence-electron chi connectivity index (χ4n) is 3.34. The molecule has 1 aromatic carbocycles. The highest BCUT2D eigenvalue weighted by Gasteiger charge is 2.34. The predicted molar refractivity (Wildman–Crippen MR) is 109 cm³/mol. The molecule has 8 nitrogen and oxygen atoms in total. The van der Waals surface area contributed by atoms with E-state index in [1.54, 1.807) is 0 Å². The second-order valence-electron chi connectivity index (χ2n) is 7.24. The Hall–Kier alpha value is -2.99. The van der Waals surface area contributed by atoms with Crippen molar-refractivity contribution in [3.63, 3.8) is 0 Å². The molecule has 0 unspecified atom stereocenters. The number of anilines is 1. The summed E-state index contributed by atoms with van der Waals surface area (Å²) in [7, 11) is -3.65. The second kappa shape index (κ2) is 9.65. The Morgan fingerprint density at radius 2 is 1.75 bits per heavy atom. The van der Waals surface area contributed by atoms with Gasteiger partial charge in [-0.3, -0.25) is 14.6 Å². The van der Waals surface area contributed by atoms with Crippen LogP contribution in [0.5, 0.6) is 0 Å². The minimum atomic E-state index is -4.68. The number of nitrogens with zero attached hydrogens (tertiary/aromatic N) is 2. The number of benzene rings is 1. The molecule has 3 rings (SSSR count). The van der Waals surface area contributed by atoms with Crippen LogP contribution in [-0.2, 0) is 25.8 Å². The van der Waals surface area contributed by atoms with Gasteiger partial charge in [-0.2, -0.15) is 17.5 Å². The van der Waals surface area contributed by atoms with Gasteiger partial charge in [-0.25, -0.2) is 8.42 Å². The number of alkyl halides is 3. The van der Waals surface area contributed by atoms with Crippen LogP contribution >= 0.6 is 0 Å². The molecular weight excluding hydrogens is 449 g/mol. The summed E-state index contributed by atoms with van der Waals surface area (Å²) in [6.45, 7) is 0.583. The molecule has 2 N–H and O–H groups in total. The van der Waals surface area contributed by atoms with Crippen molar-refractivity contribution in [2.75, 3.05) is 25.0 Å². The van der Waals surface area contributed by atoms with Crippen LogP contribution < -0.4 is 10.6 Å². The fourth-order valence-corrected chi connectivity index (χ4v) is 4.77. The number of halogens is 3. The monoisotopic (exact) mass is 470 g/mol. The largest absolute Gasteiger partial charge is 0.418 e. The predicted octanol–water partition coefficient (Wildman–Crippen LogP) is 2.26. The Bertz CT molecular complexity index is 1070. The Labute approximate surface area is 182 Å². The van der Waals surface area contributed by atoms with Gasteiger partial charge in [-0.05, 0) is 43.0 Å². The van der Waals surface area contributed by atoms with E-state index in [2.05, 4.69) is 10.3 Å². The number of hydrogen-bond acceptors (Lipinski definition) is 5. The SMILES string of the molecule is O=C(NCC1CCN(S(=O)(=O)c2cccnc2)CC1)C(=O)Nc1ccccc1C(F)(F)F. The second-order valence-corrected chi connectivity index (χ2v) is 9.18. The first-order chi connectivity index (χ1) is 15.1. The first-order valence-corrected chi connectivity index (χ1v) is 11.2. The van der Waals surface area contributed by atoms with Gasteiger partial charge in [-0.15, -0.1) is 0 Å². The summed E-state index contributed by atoms with van der Waals surface area (Å²) >= 11 is 0. The molecule has 1 aliphatic rings. The summed E-state index contributed by atoms with van der Waals surface area (Å²) in [4.78, 5) is 28.0. The standard InChI is InChI=1S/C20H21F3N4O4S/c21-20(22,23)16-5-1-2-6-17(16)26-19(29)18(28)25-12-14-7-10-27(11-8-14)32(30,31)15-4-3-9-24-13-15/h1-6,9,13-14H,7-8,10-12H2,(H,25,28)(H,26,29). The van der Waals surface area contributed by atoms with Crippen LogP contribution in [-0.4, -0.2) is 49.2 Å². The van der Waals surface area contributed by atoms with Crippen molar-refractivity contribution in [1.29, 1.82) is 0 Å². The Morgan fingerprint density at radius 1 is 1.06 bits per heavy atom. The number of aromatic nitrogens is 1. The van der Waals surface area contributed by atoms with Gasteiger partial charge in [0, 0.05) is 32.0 Å². The third kappa shape index (κ3) is 5.62.